The number of benzene rings is 1. The molecule has 0 saturated carbocycles. The van der Waals surface area contributed by atoms with Crippen molar-refractivity contribution in [2.24, 2.45) is 5.10 Å². The van der Waals surface area contributed by atoms with Crippen LogP contribution in [0.15, 0.2) is 29.4 Å². The van der Waals surface area contributed by atoms with Gasteiger partial charge in [0.15, 0.2) is 0 Å². The summed E-state index contributed by atoms with van der Waals surface area (Å²) < 4.78 is 24.0. The van der Waals surface area contributed by atoms with Gasteiger partial charge in [0.05, 0.1) is 11.5 Å². The number of sulfonamides is 1. The molecule has 0 aliphatic heterocycles. The predicted molar refractivity (Wildman–Crippen MR) is 109 cm³/mol. The molecule has 26 heavy (non-hydrogen) atoms. The van der Waals surface area contributed by atoms with Crippen LogP contribution in [0, 0.1) is 0 Å². The normalized spacial score (nSPS) is 12.3. The summed E-state index contributed by atoms with van der Waals surface area (Å²) in [4.78, 5) is 2.29. The van der Waals surface area contributed by atoms with Crippen LogP contribution in [0.25, 0.3) is 0 Å². The van der Waals surface area contributed by atoms with Crippen LogP contribution in [0.4, 0.5) is 0 Å². The highest BCUT2D eigenvalue weighted by Crippen LogP contribution is 2.12. The predicted octanol–water partition coefficient (Wildman–Crippen LogP) is 4.96. The molecule has 0 spiro atoms. The molecule has 0 aliphatic rings. The Kier molecular flexibility index (Phi) is 11.0. The first-order valence-corrected chi connectivity index (χ1v) is 11.4. The number of phenolic OH excluding ortho intramolecular Hbond substituents is 1. The van der Waals surface area contributed by atoms with Gasteiger partial charge in [-0.15, -0.1) is 0 Å². The minimum atomic E-state index is -3.40. The standard InChI is InChI=1S/C20H34N2O3S/c1-3-4-5-6-7-8-9-10-11-12-16-26(24,25)22-21-18(2)19-14-13-15-20(23)17-19/h13-15,17,22-23H,3-12,16H2,1-2H3/b21-18-. The molecule has 0 aromatic heterocycles. The highest BCUT2D eigenvalue weighted by Gasteiger charge is 2.09. The Morgan fingerprint density at radius 1 is 1.00 bits per heavy atom. The molecule has 148 valence electrons. The first kappa shape index (κ1) is 22.5. The second-order valence-electron chi connectivity index (χ2n) is 6.84. The van der Waals surface area contributed by atoms with Crippen LogP contribution in [0.2, 0.25) is 0 Å². The molecular formula is C20H34N2O3S. The fraction of sp³-hybridized carbons (Fsp3) is 0.650. The molecule has 1 rings (SSSR count). The molecule has 1 aromatic rings. The Hall–Kier alpha value is -1.56. The second-order valence-corrected chi connectivity index (χ2v) is 8.66. The van der Waals surface area contributed by atoms with Gasteiger partial charge in [0.2, 0.25) is 10.0 Å². The molecule has 0 amide bonds. The zero-order chi connectivity index (χ0) is 19.3. The van der Waals surface area contributed by atoms with Gasteiger partial charge in [0.25, 0.3) is 0 Å². The van der Waals surface area contributed by atoms with E-state index in [1.165, 1.54) is 44.9 Å². The van der Waals surface area contributed by atoms with Crippen LogP contribution < -0.4 is 4.83 Å². The van der Waals surface area contributed by atoms with Gasteiger partial charge >= 0.3 is 0 Å². The van der Waals surface area contributed by atoms with Crippen molar-refractivity contribution in [1.29, 1.82) is 0 Å². The zero-order valence-electron chi connectivity index (χ0n) is 16.2. The molecule has 5 nitrogen and oxygen atoms in total. The minimum Gasteiger partial charge on any atom is -0.508 e. The lowest BCUT2D eigenvalue weighted by molar-refractivity contribution is 0.475. The molecule has 6 heteroatoms. The third kappa shape index (κ3) is 10.4. The van der Waals surface area contributed by atoms with Gasteiger partial charge in [-0.1, -0.05) is 76.8 Å². The van der Waals surface area contributed by atoms with E-state index in [0.717, 1.165) is 12.8 Å². The quantitative estimate of drug-likeness (QED) is 0.271. The van der Waals surface area contributed by atoms with E-state index in [1.807, 2.05) is 0 Å². The molecule has 2 N–H and O–H groups in total. The first-order chi connectivity index (χ1) is 12.4. The number of hydrogen-bond donors (Lipinski definition) is 2. The topological polar surface area (TPSA) is 78.8 Å². The van der Waals surface area contributed by atoms with Gasteiger partial charge in [-0.3, -0.25) is 0 Å². The van der Waals surface area contributed by atoms with Crippen molar-refractivity contribution in [2.45, 2.75) is 78.1 Å². The molecule has 0 bridgehead atoms. The number of hydrogen-bond acceptors (Lipinski definition) is 4. The van der Waals surface area contributed by atoms with Crippen LogP contribution in [-0.2, 0) is 10.0 Å². The average Bonchev–Trinajstić information content (AvgIpc) is 2.61. The number of nitrogens with zero attached hydrogens (tertiary/aromatic N) is 1. The van der Waals surface area contributed by atoms with E-state index >= 15 is 0 Å². The van der Waals surface area contributed by atoms with Gasteiger partial charge in [0.1, 0.15) is 5.75 Å². The smallest absolute Gasteiger partial charge is 0.247 e. The molecule has 0 unspecified atom stereocenters. The molecule has 0 aliphatic carbocycles. The summed E-state index contributed by atoms with van der Waals surface area (Å²) >= 11 is 0. The van der Waals surface area contributed by atoms with E-state index in [4.69, 9.17) is 0 Å². The van der Waals surface area contributed by atoms with E-state index in [2.05, 4.69) is 16.9 Å². The van der Waals surface area contributed by atoms with E-state index in [0.29, 0.717) is 17.7 Å². The SMILES string of the molecule is CCCCCCCCCCCCS(=O)(=O)N/N=C(/C)c1cccc(O)c1. The van der Waals surface area contributed by atoms with Crippen molar-refractivity contribution in [3.05, 3.63) is 29.8 Å². The number of phenols is 1. The zero-order valence-corrected chi connectivity index (χ0v) is 17.0. The van der Waals surface area contributed by atoms with Crippen LogP contribution in [0.1, 0.15) is 83.6 Å². The van der Waals surface area contributed by atoms with Crippen LogP contribution >= 0.6 is 0 Å². The monoisotopic (exact) mass is 382 g/mol. The van der Waals surface area contributed by atoms with Crippen molar-refractivity contribution in [2.75, 3.05) is 5.75 Å². The van der Waals surface area contributed by atoms with E-state index in [9.17, 15) is 13.5 Å². The molecule has 0 saturated heterocycles. The summed E-state index contributed by atoms with van der Waals surface area (Å²) in [6.45, 7) is 3.93. The van der Waals surface area contributed by atoms with Gasteiger partial charge in [-0.25, -0.2) is 13.2 Å². The Morgan fingerprint density at radius 2 is 1.58 bits per heavy atom. The van der Waals surface area contributed by atoms with E-state index in [-0.39, 0.29) is 11.5 Å². The Bertz CT molecular complexity index is 642. The molecule has 0 fully saturated rings. The number of aromatic hydroxyl groups is 1. The maximum absolute atomic E-state index is 12.0. The molecule has 0 radical (unpaired) electrons. The molecule has 0 heterocycles. The van der Waals surface area contributed by atoms with Gasteiger partial charge < -0.3 is 5.11 Å². The lowest BCUT2D eigenvalue weighted by Gasteiger charge is -2.06. The summed E-state index contributed by atoms with van der Waals surface area (Å²) in [6.07, 6.45) is 11.7. The average molecular weight is 383 g/mol. The van der Waals surface area contributed by atoms with Crippen LogP contribution in [0.5, 0.6) is 5.75 Å². The maximum Gasteiger partial charge on any atom is 0.247 e. The van der Waals surface area contributed by atoms with Crippen molar-refractivity contribution in [1.82, 2.24) is 4.83 Å². The summed E-state index contributed by atoms with van der Waals surface area (Å²) in [6, 6.07) is 6.58. The number of unbranched alkanes of at least 4 members (excludes halogenated alkanes) is 9. The minimum absolute atomic E-state index is 0.0975. The van der Waals surface area contributed by atoms with E-state index in [1.54, 1.807) is 31.2 Å². The summed E-state index contributed by atoms with van der Waals surface area (Å²) in [5, 5.41) is 13.4. The Morgan fingerprint density at radius 3 is 2.15 bits per heavy atom. The lowest BCUT2D eigenvalue weighted by atomic mass is 10.1. The van der Waals surface area contributed by atoms with Crippen molar-refractivity contribution < 1.29 is 13.5 Å². The van der Waals surface area contributed by atoms with Crippen molar-refractivity contribution in [3.8, 4) is 5.75 Å². The summed E-state index contributed by atoms with van der Waals surface area (Å²) in [7, 11) is -3.40. The Labute approximate surface area is 159 Å². The van der Waals surface area contributed by atoms with E-state index < -0.39 is 10.0 Å². The number of nitrogens with one attached hydrogen (secondary N) is 1. The van der Waals surface area contributed by atoms with Crippen LogP contribution in [0.3, 0.4) is 0 Å². The maximum atomic E-state index is 12.0. The second kappa shape index (κ2) is 12.7. The largest absolute Gasteiger partial charge is 0.508 e. The fourth-order valence-electron chi connectivity index (χ4n) is 2.76. The van der Waals surface area contributed by atoms with Crippen LogP contribution in [-0.4, -0.2) is 25.0 Å². The molecule has 0 atom stereocenters. The fourth-order valence-corrected chi connectivity index (χ4v) is 3.71. The highest BCUT2D eigenvalue weighted by atomic mass is 32.2. The summed E-state index contributed by atoms with van der Waals surface area (Å²) in [5.74, 6) is 0.227. The molecular weight excluding hydrogens is 348 g/mol. The van der Waals surface area contributed by atoms with Crippen molar-refractivity contribution in [3.63, 3.8) is 0 Å². The van der Waals surface area contributed by atoms with Gasteiger partial charge in [-0.2, -0.15) is 5.10 Å². The lowest BCUT2D eigenvalue weighted by Crippen LogP contribution is -2.22. The number of rotatable bonds is 14. The van der Waals surface area contributed by atoms with Crippen molar-refractivity contribution >= 4 is 15.7 Å². The van der Waals surface area contributed by atoms with Gasteiger partial charge in [-0.05, 0) is 25.5 Å². The first-order valence-electron chi connectivity index (χ1n) is 9.78. The third-order valence-corrected chi connectivity index (χ3v) is 5.58. The molecule has 1 aromatic carbocycles. The summed E-state index contributed by atoms with van der Waals surface area (Å²) in [5.41, 5.74) is 1.21. The third-order valence-electron chi connectivity index (χ3n) is 4.38. The highest BCUT2D eigenvalue weighted by molar-refractivity contribution is 7.89. The number of hydrazone groups is 1. The van der Waals surface area contributed by atoms with Gasteiger partial charge in [0, 0.05) is 5.56 Å². The Balaban J connectivity index is 2.19.